The molecule has 0 atom stereocenters. The Morgan fingerprint density at radius 3 is 1.65 bits per heavy atom. The van der Waals surface area contributed by atoms with Crippen LogP contribution in [0.25, 0.3) is 0 Å². The lowest BCUT2D eigenvalue weighted by atomic mass is 10.0. The summed E-state index contributed by atoms with van der Waals surface area (Å²) in [6.07, 6.45) is 10.1. The van der Waals surface area contributed by atoms with E-state index in [-0.39, 0.29) is 12.8 Å². The summed E-state index contributed by atoms with van der Waals surface area (Å²) in [5.74, 6) is -0.765. The highest BCUT2D eigenvalue weighted by Gasteiger charge is 2.25. The summed E-state index contributed by atoms with van der Waals surface area (Å²) in [6.45, 7) is 0.956. The smallest absolute Gasteiger partial charge is 0.389 e. The number of carboxylic acid groups (broad SMARTS) is 1. The average molecular weight is 444 g/mol. The van der Waals surface area contributed by atoms with Gasteiger partial charge >= 0.3 is 12.1 Å². The molecule has 31 heavy (non-hydrogen) atoms. The molecule has 6 heteroatoms. The summed E-state index contributed by atoms with van der Waals surface area (Å²) in [7, 11) is 0. The summed E-state index contributed by atoms with van der Waals surface area (Å²) < 4.78 is 36.1. The predicted molar refractivity (Wildman–Crippen MR) is 122 cm³/mol. The number of anilines is 1. The van der Waals surface area contributed by atoms with E-state index in [9.17, 15) is 18.0 Å². The Balaban J connectivity index is 1.83. The van der Waals surface area contributed by atoms with Gasteiger partial charge in [-0.1, -0.05) is 82.8 Å². The molecule has 2 N–H and O–H groups in total. The summed E-state index contributed by atoms with van der Waals surface area (Å²) in [6, 6.07) is 8.00. The van der Waals surface area contributed by atoms with Crippen molar-refractivity contribution in [3.05, 3.63) is 29.8 Å². The number of aryl methyl sites for hydroxylation is 1. The zero-order chi connectivity index (χ0) is 22.8. The highest BCUT2D eigenvalue weighted by atomic mass is 19.4. The second kappa shape index (κ2) is 16.9. The number of hydrogen-bond donors (Lipinski definition) is 2. The molecule has 1 rings (SSSR count). The highest BCUT2D eigenvalue weighted by molar-refractivity contribution is 5.67. The van der Waals surface area contributed by atoms with Gasteiger partial charge in [0.1, 0.15) is 0 Å². The fourth-order valence-corrected chi connectivity index (χ4v) is 3.67. The first-order valence-electron chi connectivity index (χ1n) is 12.0. The van der Waals surface area contributed by atoms with Crippen LogP contribution >= 0.6 is 0 Å². The Kier molecular flexibility index (Phi) is 14.9. The molecule has 1 aromatic rings. The fraction of sp³-hybridized carbons (Fsp3) is 0.720. The molecule has 0 spiro atoms. The highest BCUT2D eigenvalue weighted by Crippen LogP contribution is 2.23. The van der Waals surface area contributed by atoms with Crippen molar-refractivity contribution in [3.63, 3.8) is 0 Å². The first-order chi connectivity index (χ1) is 14.9. The molecule has 3 nitrogen and oxygen atoms in total. The third-order valence-corrected chi connectivity index (χ3v) is 5.55. The van der Waals surface area contributed by atoms with Crippen molar-refractivity contribution in [1.82, 2.24) is 0 Å². The molecule has 0 saturated heterocycles. The molecule has 0 radical (unpaired) electrons. The number of benzene rings is 1. The topological polar surface area (TPSA) is 49.3 Å². The lowest BCUT2D eigenvalue weighted by Crippen LogP contribution is -2.06. The molecule has 0 fully saturated rings. The van der Waals surface area contributed by atoms with Crippen molar-refractivity contribution in [2.24, 2.45) is 0 Å². The molecule has 0 aromatic heterocycles. The van der Waals surface area contributed by atoms with E-state index in [1.165, 1.54) is 44.9 Å². The molecule has 1 aromatic carbocycles. The van der Waals surface area contributed by atoms with Crippen molar-refractivity contribution >= 4 is 11.7 Å². The minimum Gasteiger partial charge on any atom is -0.481 e. The lowest BCUT2D eigenvalue weighted by Gasteiger charge is -2.07. The van der Waals surface area contributed by atoms with Gasteiger partial charge in [-0.05, 0) is 37.0 Å². The molecule has 0 saturated carbocycles. The van der Waals surface area contributed by atoms with Crippen molar-refractivity contribution in [3.8, 4) is 0 Å². The SMILES string of the molecule is O=C(O)CCc1ccc(NCCCCCCCCCCCCCCCC(F)(F)F)cc1. The Bertz CT molecular complexity index is 573. The Morgan fingerprint density at radius 1 is 0.742 bits per heavy atom. The molecule has 178 valence electrons. The Morgan fingerprint density at radius 2 is 1.19 bits per heavy atom. The zero-order valence-corrected chi connectivity index (χ0v) is 18.8. The number of hydrogen-bond acceptors (Lipinski definition) is 2. The van der Waals surface area contributed by atoms with Gasteiger partial charge in [-0.3, -0.25) is 4.79 Å². The van der Waals surface area contributed by atoms with Crippen LogP contribution in [-0.2, 0) is 11.2 Å². The Labute approximate surface area is 185 Å². The third kappa shape index (κ3) is 17.6. The molecule has 0 heterocycles. The minimum absolute atomic E-state index is 0.168. The molecule has 0 bridgehead atoms. The van der Waals surface area contributed by atoms with Crippen LogP contribution in [0, 0.1) is 0 Å². The number of halogens is 3. The van der Waals surface area contributed by atoms with E-state index in [2.05, 4.69) is 5.32 Å². The van der Waals surface area contributed by atoms with Crippen LogP contribution in [0.5, 0.6) is 0 Å². The van der Waals surface area contributed by atoms with Gasteiger partial charge in [0, 0.05) is 25.1 Å². The van der Waals surface area contributed by atoms with Crippen LogP contribution < -0.4 is 5.32 Å². The maximum atomic E-state index is 12.0. The zero-order valence-electron chi connectivity index (χ0n) is 18.8. The predicted octanol–water partition coefficient (Wildman–Crippen LogP) is 8.14. The fourth-order valence-electron chi connectivity index (χ4n) is 3.67. The molecule has 0 aliphatic rings. The number of aliphatic carboxylic acids is 1. The van der Waals surface area contributed by atoms with Gasteiger partial charge in [0.05, 0.1) is 0 Å². The Hall–Kier alpha value is -1.72. The molecule has 0 amide bonds. The second-order valence-electron chi connectivity index (χ2n) is 8.48. The van der Waals surface area contributed by atoms with Crippen molar-refractivity contribution < 1.29 is 23.1 Å². The van der Waals surface area contributed by atoms with Crippen molar-refractivity contribution in [1.29, 1.82) is 0 Å². The molecular formula is C25H40F3NO2. The summed E-state index contributed by atoms with van der Waals surface area (Å²) in [4.78, 5) is 10.6. The molecular weight excluding hydrogens is 403 g/mol. The number of alkyl halides is 3. The molecule has 0 unspecified atom stereocenters. The number of nitrogens with one attached hydrogen (secondary N) is 1. The standard InChI is InChI=1S/C25H40F3NO2/c26-25(27,28)20-12-10-8-6-4-2-1-3-5-7-9-11-13-21-29-23-17-14-22(15-18-23)16-19-24(30)31/h14-15,17-18,29H,1-13,16,19-21H2,(H,30,31). The van der Waals surface area contributed by atoms with Crippen molar-refractivity contribution in [2.75, 3.05) is 11.9 Å². The molecule has 0 aliphatic heterocycles. The summed E-state index contributed by atoms with van der Waals surface area (Å²) in [5, 5.41) is 12.1. The number of carbonyl (C=O) groups is 1. The van der Waals surface area contributed by atoms with Gasteiger partial charge < -0.3 is 10.4 Å². The van der Waals surface area contributed by atoms with E-state index < -0.39 is 18.6 Å². The van der Waals surface area contributed by atoms with Crippen LogP contribution in [0.15, 0.2) is 24.3 Å². The normalized spacial score (nSPS) is 11.6. The lowest BCUT2D eigenvalue weighted by molar-refractivity contribution is -0.137. The third-order valence-electron chi connectivity index (χ3n) is 5.55. The van der Waals surface area contributed by atoms with Gasteiger partial charge in [0.15, 0.2) is 0 Å². The monoisotopic (exact) mass is 443 g/mol. The second-order valence-corrected chi connectivity index (χ2v) is 8.48. The quantitative estimate of drug-likeness (QED) is 0.212. The van der Waals surface area contributed by atoms with E-state index in [1.807, 2.05) is 24.3 Å². The number of rotatable bonds is 19. The van der Waals surface area contributed by atoms with Gasteiger partial charge in [0.2, 0.25) is 0 Å². The van der Waals surface area contributed by atoms with Crippen LogP contribution in [0.3, 0.4) is 0 Å². The van der Waals surface area contributed by atoms with Crippen molar-refractivity contribution in [2.45, 2.75) is 109 Å². The van der Waals surface area contributed by atoms with Crippen LogP contribution in [0.1, 0.15) is 102 Å². The van der Waals surface area contributed by atoms with Gasteiger partial charge in [-0.15, -0.1) is 0 Å². The maximum Gasteiger partial charge on any atom is 0.389 e. The van der Waals surface area contributed by atoms with E-state index in [1.54, 1.807) is 0 Å². The van der Waals surface area contributed by atoms with E-state index in [4.69, 9.17) is 5.11 Å². The van der Waals surface area contributed by atoms with Crippen LogP contribution in [0.2, 0.25) is 0 Å². The van der Waals surface area contributed by atoms with Gasteiger partial charge in [0.25, 0.3) is 0 Å². The van der Waals surface area contributed by atoms with E-state index >= 15 is 0 Å². The summed E-state index contributed by atoms with van der Waals surface area (Å²) in [5.41, 5.74) is 2.13. The van der Waals surface area contributed by atoms with Gasteiger partial charge in [-0.2, -0.15) is 13.2 Å². The average Bonchev–Trinajstić information content (AvgIpc) is 2.72. The maximum absolute atomic E-state index is 12.0. The first kappa shape index (κ1) is 27.3. The minimum atomic E-state index is -3.99. The van der Waals surface area contributed by atoms with Crippen LogP contribution in [-0.4, -0.2) is 23.8 Å². The van der Waals surface area contributed by atoms with E-state index in [0.29, 0.717) is 12.8 Å². The summed E-state index contributed by atoms with van der Waals surface area (Å²) >= 11 is 0. The molecule has 0 aliphatic carbocycles. The largest absolute Gasteiger partial charge is 0.481 e. The first-order valence-corrected chi connectivity index (χ1v) is 12.0. The van der Waals surface area contributed by atoms with E-state index in [0.717, 1.165) is 43.5 Å². The number of unbranched alkanes of at least 4 members (excludes halogenated alkanes) is 12. The number of carboxylic acids is 1. The van der Waals surface area contributed by atoms with Crippen LogP contribution in [0.4, 0.5) is 18.9 Å². The van der Waals surface area contributed by atoms with Gasteiger partial charge in [-0.25, -0.2) is 0 Å².